The first-order valence-corrected chi connectivity index (χ1v) is 7.58. The Hall–Kier alpha value is -2.30. The zero-order chi connectivity index (χ0) is 15.9. The molecule has 0 fully saturated rings. The van der Waals surface area contributed by atoms with Gasteiger partial charge in [0.1, 0.15) is 0 Å². The van der Waals surface area contributed by atoms with Gasteiger partial charge in [0.15, 0.2) is 0 Å². The van der Waals surface area contributed by atoms with Crippen molar-refractivity contribution in [2.45, 2.75) is 25.8 Å². The zero-order valence-electron chi connectivity index (χ0n) is 13.2. The van der Waals surface area contributed by atoms with Crippen LogP contribution in [0.4, 0.5) is 5.69 Å². The monoisotopic (exact) mass is 299 g/mol. The molecule has 5 nitrogen and oxygen atoms in total. The Balaban J connectivity index is 2.00. The van der Waals surface area contributed by atoms with E-state index in [1.165, 1.54) is 27.4 Å². The number of fused-ring (bicyclic) bond motifs is 1. The summed E-state index contributed by atoms with van der Waals surface area (Å²) in [4.78, 5) is 26.3. The van der Waals surface area contributed by atoms with Gasteiger partial charge in [-0.3, -0.25) is 9.36 Å². The van der Waals surface area contributed by atoms with Crippen LogP contribution in [0.25, 0.3) is 0 Å². The van der Waals surface area contributed by atoms with Crippen molar-refractivity contribution in [1.29, 1.82) is 0 Å². The topological polar surface area (TPSA) is 47.2 Å². The summed E-state index contributed by atoms with van der Waals surface area (Å²) < 4.78 is 2.64. The number of nitrogens with zero attached hydrogens (tertiary/aromatic N) is 3. The van der Waals surface area contributed by atoms with Gasteiger partial charge in [-0.05, 0) is 24.0 Å². The van der Waals surface area contributed by atoms with E-state index in [9.17, 15) is 9.59 Å². The minimum Gasteiger partial charge on any atom is -0.367 e. The Morgan fingerprint density at radius 2 is 1.91 bits per heavy atom. The highest BCUT2D eigenvalue weighted by atomic mass is 16.2. The van der Waals surface area contributed by atoms with E-state index in [0.717, 1.165) is 13.0 Å². The molecule has 1 aromatic carbocycles. The lowest BCUT2D eigenvalue weighted by Gasteiger charge is -2.34. The summed E-state index contributed by atoms with van der Waals surface area (Å²) in [6, 6.07) is 8.36. The number of anilines is 1. The van der Waals surface area contributed by atoms with Crippen LogP contribution >= 0.6 is 0 Å². The van der Waals surface area contributed by atoms with Crippen molar-refractivity contribution >= 4 is 5.69 Å². The predicted octanol–water partition coefficient (Wildman–Crippen LogP) is 1.60. The lowest BCUT2D eigenvalue weighted by molar-refractivity contribution is 0.598. The molecule has 0 bridgehead atoms. The molecule has 5 heteroatoms. The number of aryl methyl sites for hydroxylation is 1. The average Bonchev–Trinajstić information content (AvgIpc) is 2.53. The maximum Gasteiger partial charge on any atom is 0.330 e. The minimum atomic E-state index is -0.290. The van der Waals surface area contributed by atoms with Gasteiger partial charge in [-0.1, -0.05) is 25.1 Å². The van der Waals surface area contributed by atoms with Crippen molar-refractivity contribution in [2.24, 2.45) is 14.1 Å². The number of hydrogen-bond donors (Lipinski definition) is 0. The zero-order valence-corrected chi connectivity index (χ0v) is 13.2. The van der Waals surface area contributed by atoms with E-state index in [4.69, 9.17) is 0 Å². The van der Waals surface area contributed by atoms with Gasteiger partial charge >= 0.3 is 5.69 Å². The molecule has 0 saturated carbocycles. The third kappa shape index (κ3) is 2.36. The number of rotatable bonds is 2. The largest absolute Gasteiger partial charge is 0.367 e. The highest BCUT2D eigenvalue weighted by Crippen LogP contribution is 2.35. The van der Waals surface area contributed by atoms with Crippen LogP contribution in [0.3, 0.4) is 0 Å². The lowest BCUT2D eigenvalue weighted by Crippen LogP contribution is -2.41. The molecule has 2 aromatic rings. The summed E-state index contributed by atoms with van der Waals surface area (Å²) in [6.07, 6.45) is 2.73. The van der Waals surface area contributed by atoms with Crippen LogP contribution in [0.15, 0.2) is 40.1 Å². The molecular formula is C17H21N3O2. The summed E-state index contributed by atoms with van der Waals surface area (Å²) in [5, 5.41) is 0. The predicted molar refractivity (Wildman–Crippen MR) is 87.4 cm³/mol. The molecule has 1 aliphatic rings. The fraction of sp³-hybridized carbons (Fsp3) is 0.412. The molecule has 2 heterocycles. The molecule has 116 valence electrons. The Labute approximate surface area is 129 Å². The standard InChI is InChI=1S/C17H21N3O2/c1-12-8-9-20(15-7-5-4-6-14(12)15)11-13-10-18(2)17(22)19(3)16(13)21/h4-7,10,12H,8-9,11H2,1-3H3. The third-order valence-corrected chi connectivity index (χ3v) is 4.52. The molecule has 1 aromatic heterocycles. The highest BCUT2D eigenvalue weighted by Gasteiger charge is 2.22. The van der Waals surface area contributed by atoms with Crippen molar-refractivity contribution < 1.29 is 0 Å². The first kappa shape index (κ1) is 14.6. The first-order chi connectivity index (χ1) is 10.5. The van der Waals surface area contributed by atoms with Gasteiger partial charge in [0.2, 0.25) is 0 Å². The van der Waals surface area contributed by atoms with E-state index < -0.39 is 0 Å². The van der Waals surface area contributed by atoms with Crippen LogP contribution in [0.1, 0.15) is 30.4 Å². The molecule has 22 heavy (non-hydrogen) atoms. The number of hydrogen-bond acceptors (Lipinski definition) is 3. The lowest BCUT2D eigenvalue weighted by atomic mass is 9.91. The SMILES string of the molecule is CC1CCN(Cc2cn(C)c(=O)n(C)c2=O)c2ccccc21. The van der Waals surface area contributed by atoms with Gasteiger partial charge in [0, 0.05) is 39.1 Å². The van der Waals surface area contributed by atoms with Gasteiger partial charge in [0.05, 0.1) is 5.56 Å². The Morgan fingerprint density at radius 3 is 2.68 bits per heavy atom. The molecule has 1 unspecified atom stereocenters. The number of para-hydroxylation sites is 1. The molecule has 0 saturated heterocycles. The Morgan fingerprint density at radius 1 is 1.18 bits per heavy atom. The molecule has 3 rings (SSSR count). The average molecular weight is 299 g/mol. The molecule has 0 spiro atoms. The molecule has 0 radical (unpaired) electrons. The van der Waals surface area contributed by atoms with E-state index >= 15 is 0 Å². The Kier molecular flexibility index (Phi) is 3.64. The Bertz CT molecular complexity index is 819. The molecule has 1 atom stereocenters. The first-order valence-electron chi connectivity index (χ1n) is 7.58. The van der Waals surface area contributed by atoms with Crippen molar-refractivity contribution in [1.82, 2.24) is 9.13 Å². The fourth-order valence-electron chi connectivity index (χ4n) is 3.18. The van der Waals surface area contributed by atoms with Crippen molar-refractivity contribution in [3.63, 3.8) is 0 Å². The van der Waals surface area contributed by atoms with Gasteiger partial charge in [-0.25, -0.2) is 4.79 Å². The smallest absolute Gasteiger partial charge is 0.330 e. The molecule has 0 amide bonds. The summed E-state index contributed by atoms with van der Waals surface area (Å²) >= 11 is 0. The van der Waals surface area contributed by atoms with E-state index in [2.05, 4.69) is 30.0 Å². The van der Waals surface area contributed by atoms with Gasteiger partial charge < -0.3 is 9.47 Å². The summed E-state index contributed by atoms with van der Waals surface area (Å²) in [6.45, 7) is 3.69. The summed E-state index contributed by atoms with van der Waals surface area (Å²) in [5.74, 6) is 0.537. The van der Waals surface area contributed by atoms with Crippen LogP contribution < -0.4 is 16.1 Å². The van der Waals surface area contributed by atoms with Crippen molar-refractivity contribution in [2.75, 3.05) is 11.4 Å². The molecule has 0 aliphatic carbocycles. The van der Waals surface area contributed by atoms with Gasteiger partial charge in [0.25, 0.3) is 5.56 Å². The van der Waals surface area contributed by atoms with Crippen LogP contribution in [0.2, 0.25) is 0 Å². The second kappa shape index (κ2) is 5.48. The van der Waals surface area contributed by atoms with Crippen LogP contribution in [-0.2, 0) is 20.6 Å². The fourth-order valence-corrected chi connectivity index (χ4v) is 3.18. The van der Waals surface area contributed by atoms with Crippen molar-refractivity contribution in [3.05, 3.63) is 62.4 Å². The highest BCUT2D eigenvalue weighted by molar-refractivity contribution is 5.57. The maximum atomic E-state index is 12.3. The quantitative estimate of drug-likeness (QED) is 0.846. The molecular weight excluding hydrogens is 278 g/mol. The van der Waals surface area contributed by atoms with E-state index in [1.807, 2.05) is 6.07 Å². The van der Waals surface area contributed by atoms with Crippen molar-refractivity contribution in [3.8, 4) is 0 Å². The van der Waals surface area contributed by atoms with E-state index in [1.54, 1.807) is 13.2 Å². The summed E-state index contributed by atoms with van der Waals surface area (Å²) in [7, 11) is 3.21. The normalized spacial score (nSPS) is 17.4. The number of benzene rings is 1. The number of aromatic nitrogens is 2. The van der Waals surface area contributed by atoms with E-state index in [0.29, 0.717) is 18.0 Å². The minimum absolute atomic E-state index is 0.209. The van der Waals surface area contributed by atoms with Gasteiger partial charge in [-0.15, -0.1) is 0 Å². The summed E-state index contributed by atoms with van der Waals surface area (Å²) in [5.41, 5.74) is 2.67. The van der Waals surface area contributed by atoms with Crippen LogP contribution in [0.5, 0.6) is 0 Å². The second-order valence-electron chi connectivity index (χ2n) is 6.08. The molecule has 0 N–H and O–H groups in total. The molecule has 1 aliphatic heterocycles. The second-order valence-corrected chi connectivity index (χ2v) is 6.08. The van der Waals surface area contributed by atoms with E-state index in [-0.39, 0.29) is 11.2 Å². The van der Waals surface area contributed by atoms with Crippen LogP contribution in [0, 0.1) is 0 Å². The van der Waals surface area contributed by atoms with Crippen LogP contribution in [-0.4, -0.2) is 15.7 Å². The maximum absolute atomic E-state index is 12.3. The third-order valence-electron chi connectivity index (χ3n) is 4.52. The van der Waals surface area contributed by atoms with Gasteiger partial charge in [-0.2, -0.15) is 0 Å².